The van der Waals surface area contributed by atoms with Crippen LogP contribution in [-0.2, 0) is 9.53 Å². The molecule has 1 unspecified atom stereocenters. The van der Waals surface area contributed by atoms with Gasteiger partial charge in [0.2, 0.25) is 5.91 Å². The number of carbonyl (C=O) groups is 1. The normalized spacial score (nSPS) is 19.6. The third kappa shape index (κ3) is 3.70. The molecule has 1 aromatic rings. The maximum atomic E-state index is 11.9. The monoisotopic (exact) mass is 268 g/mol. The highest BCUT2D eigenvalue weighted by Gasteiger charge is 2.17. The molecule has 4 nitrogen and oxygen atoms in total. The highest BCUT2D eigenvalue weighted by molar-refractivity contribution is 6.33. The fourth-order valence-corrected chi connectivity index (χ4v) is 2.06. The fraction of sp³-hybridized carbons (Fsp3) is 0.462. The fourth-order valence-electron chi connectivity index (χ4n) is 1.89. The number of aryl methyl sites for hydroxylation is 1. The Morgan fingerprint density at radius 2 is 2.44 bits per heavy atom. The smallest absolute Gasteiger partial charge is 0.227 e. The summed E-state index contributed by atoms with van der Waals surface area (Å²) in [6.45, 7) is 4.18. The van der Waals surface area contributed by atoms with Gasteiger partial charge in [-0.05, 0) is 24.6 Å². The Kier molecular flexibility index (Phi) is 4.58. The Morgan fingerprint density at radius 1 is 1.61 bits per heavy atom. The third-order valence-corrected chi connectivity index (χ3v) is 3.14. The van der Waals surface area contributed by atoms with Gasteiger partial charge < -0.3 is 15.4 Å². The first kappa shape index (κ1) is 13.3. The number of nitrogens with one attached hydrogen (secondary N) is 2. The van der Waals surface area contributed by atoms with E-state index in [1.165, 1.54) is 0 Å². The Balaban J connectivity index is 1.92. The summed E-state index contributed by atoms with van der Waals surface area (Å²) < 4.78 is 5.48. The largest absolute Gasteiger partial charge is 0.375 e. The summed E-state index contributed by atoms with van der Waals surface area (Å²) in [7, 11) is 0. The Bertz CT molecular complexity index is 431. The van der Waals surface area contributed by atoms with Crippen LogP contribution in [-0.4, -0.2) is 31.7 Å². The summed E-state index contributed by atoms with van der Waals surface area (Å²) in [6, 6.07) is 5.55. The zero-order valence-electron chi connectivity index (χ0n) is 10.3. The van der Waals surface area contributed by atoms with Crippen molar-refractivity contribution in [1.29, 1.82) is 0 Å². The van der Waals surface area contributed by atoms with Crippen LogP contribution < -0.4 is 10.6 Å². The van der Waals surface area contributed by atoms with Gasteiger partial charge in [-0.3, -0.25) is 4.79 Å². The number of amides is 1. The average Bonchev–Trinajstić information content (AvgIpc) is 2.35. The van der Waals surface area contributed by atoms with E-state index in [-0.39, 0.29) is 12.0 Å². The van der Waals surface area contributed by atoms with E-state index in [0.717, 1.165) is 18.7 Å². The Hall–Kier alpha value is -1.10. The molecule has 0 aromatic heterocycles. The summed E-state index contributed by atoms with van der Waals surface area (Å²) in [5.74, 6) is -0.0730. The molecule has 1 atom stereocenters. The number of morpholine rings is 1. The summed E-state index contributed by atoms with van der Waals surface area (Å²) in [5.41, 5.74) is 1.72. The molecule has 0 radical (unpaired) electrons. The van der Waals surface area contributed by atoms with Crippen LogP contribution in [0.1, 0.15) is 12.0 Å². The van der Waals surface area contributed by atoms with Gasteiger partial charge in [0, 0.05) is 13.1 Å². The minimum absolute atomic E-state index is 0.0534. The van der Waals surface area contributed by atoms with Crippen LogP contribution in [0.2, 0.25) is 5.02 Å². The lowest BCUT2D eigenvalue weighted by Gasteiger charge is -2.23. The molecule has 1 saturated heterocycles. The van der Waals surface area contributed by atoms with Gasteiger partial charge >= 0.3 is 0 Å². The number of carbonyl (C=O) groups excluding carboxylic acids is 1. The summed E-state index contributed by atoms with van der Waals surface area (Å²) in [6.07, 6.45) is 0.291. The van der Waals surface area contributed by atoms with Crippen molar-refractivity contribution in [2.45, 2.75) is 19.4 Å². The third-order valence-electron chi connectivity index (χ3n) is 2.81. The number of ether oxygens (including phenoxy) is 1. The van der Waals surface area contributed by atoms with Crippen LogP contribution in [0.4, 0.5) is 5.69 Å². The van der Waals surface area contributed by atoms with Crippen LogP contribution in [0.15, 0.2) is 18.2 Å². The maximum absolute atomic E-state index is 11.9. The summed E-state index contributed by atoms with van der Waals surface area (Å²) >= 11 is 6.02. The van der Waals surface area contributed by atoms with Crippen molar-refractivity contribution in [2.75, 3.05) is 25.0 Å². The predicted molar refractivity (Wildman–Crippen MR) is 72.0 cm³/mol. The van der Waals surface area contributed by atoms with Gasteiger partial charge in [0.15, 0.2) is 0 Å². The lowest BCUT2D eigenvalue weighted by atomic mass is 10.2. The van der Waals surface area contributed by atoms with Crippen LogP contribution in [0, 0.1) is 6.92 Å². The molecule has 2 rings (SSSR count). The molecule has 0 saturated carbocycles. The zero-order chi connectivity index (χ0) is 13.0. The molecule has 1 aliphatic rings. The van der Waals surface area contributed by atoms with Crippen molar-refractivity contribution in [3.8, 4) is 0 Å². The standard InChI is InChI=1S/C13H17ClN2O2/c1-9-2-3-11(14)12(6-9)16-13(17)7-10-8-15-4-5-18-10/h2-3,6,10,15H,4-5,7-8H2,1H3,(H,16,17). The van der Waals surface area contributed by atoms with Crippen molar-refractivity contribution < 1.29 is 9.53 Å². The molecule has 98 valence electrons. The molecule has 2 N–H and O–H groups in total. The van der Waals surface area contributed by atoms with E-state index in [1.807, 2.05) is 19.1 Å². The first-order chi connectivity index (χ1) is 8.65. The van der Waals surface area contributed by atoms with Crippen molar-refractivity contribution >= 4 is 23.2 Å². The van der Waals surface area contributed by atoms with Crippen molar-refractivity contribution in [2.24, 2.45) is 0 Å². The second-order valence-corrected chi connectivity index (χ2v) is 4.84. The number of rotatable bonds is 3. The summed E-state index contributed by atoms with van der Waals surface area (Å²) in [5, 5.41) is 6.57. The summed E-state index contributed by atoms with van der Waals surface area (Å²) in [4.78, 5) is 11.9. The molecule has 1 heterocycles. The van der Waals surface area contributed by atoms with Gasteiger partial charge in [-0.2, -0.15) is 0 Å². The van der Waals surface area contributed by atoms with Gasteiger partial charge in [0.25, 0.3) is 0 Å². The second kappa shape index (κ2) is 6.18. The van der Waals surface area contributed by atoms with Gasteiger partial charge in [0.1, 0.15) is 0 Å². The molecule has 1 aliphatic heterocycles. The molecule has 0 aliphatic carbocycles. The SMILES string of the molecule is Cc1ccc(Cl)c(NC(=O)CC2CNCCO2)c1. The van der Waals surface area contributed by atoms with Crippen LogP contribution in [0.25, 0.3) is 0 Å². The number of benzene rings is 1. The van der Waals surface area contributed by atoms with Crippen molar-refractivity contribution in [3.63, 3.8) is 0 Å². The number of anilines is 1. The number of hydrogen-bond donors (Lipinski definition) is 2. The molecular formula is C13H17ClN2O2. The van der Waals surface area contributed by atoms with Crippen LogP contribution in [0.3, 0.4) is 0 Å². The second-order valence-electron chi connectivity index (χ2n) is 4.43. The predicted octanol–water partition coefficient (Wildman–Crippen LogP) is 1.97. The lowest BCUT2D eigenvalue weighted by Crippen LogP contribution is -2.40. The first-order valence-corrected chi connectivity index (χ1v) is 6.41. The van der Waals surface area contributed by atoms with E-state index in [4.69, 9.17) is 16.3 Å². The van der Waals surface area contributed by atoms with Gasteiger partial charge in [0.05, 0.1) is 29.8 Å². The molecule has 18 heavy (non-hydrogen) atoms. The molecular weight excluding hydrogens is 252 g/mol. The van der Waals surface area contributed by atoms with E-state index >= 15 is 0 Å². The van der Waals surface area contributed by atoms with Crippen molar-refractivity contribution in [1.82, 2.24) is 5.32 Å². The van der Waals surface area contributed by atoms with E-state index in [0.29, 0.717) is 23.7 Å². The van der Waals surface area contributed by atoms with Gasteiger partial charge in [-0.15, -0.1) is 0 Å². The average molecular weight is 269 g/mol. The van der Waals surface area contributed by atoms with E-state index in [2.05, 4.69) is 10.6 Å². The molecule has 0 bridgehead atoms. The quantitative estimate of drug-likeness (QED) is 0.881. The minimum Gasteiger partial charge on any atom is -0.375 e. The van der Waals surface area contributed by atoms with Crippen LogP contribution >= 0.6 is 11.6 Å². The molecule has 1 aromatic carbocycles. The first-order valence-electron chi connectivity index (χ1n) is 6.03. The Labute approximate surface area is 112 Å². The van der Waals surface area contributed by atoms with Gasteiger partial charge in [-0.25, -0.2) is 0 Å². The molecule has 0 spiro atoms. The molecule has 1 fully saturated rings. The van der Waals surface area contributed by atoms with Gasteiger partial charge in [-0.1, -0.05) is 17.7 Å². The molecule has 1 amide bonds. The highest BCUT2D eigenvalue weighted by Crippen LogP contribution is 2.23. The lowest BCUT2D eigenvalue weighted by molar-refractivity contribution is -0.119. The Morgan fingerprint density at radius 3 is 3.17 bits per heavy atom. The topological polar surface area (TPSA) is 50.4 Å². The van der Waals surface area contributed by atoms with Crippen molar-refractivity contribution in [3.05, 3.63) is 28.8 Å². The zero-order valence-corrected chi connectivity index (χ0v) is 11.1. The van der Waals surface area contributed by atoms with E-state index in [9.17, 15) is 4.79 Å². The number of halogens is 1. The maximum Gasteiger partial charge on any atom is 0.227 e. The highest BCUT2D eigenvalue weighted by atomic mass is 35.5. The van der Waals surface area contributed by atoms with E-state index in [1.54, 1.807) is 6.07 Å². The molecule has 5 heteroatoms. The van der Waals surface area contributed by atoms with E-state index < -0.39 is 0 Å². The minimum atomic E-state index is -0.0730. The number of hydrogen-bond acceptors (Lipinski definition) is 3. The van der Waals surface area contributed by atoms with Crippen LogP contribution in [0.5, 0.6) is 0 Å².